The minimum absolute atomic E-state index is 0.0861. The molecular weight excluding hydrogens is 270 g/mol. The Hall–Kier alpha value is -1.24. The molecule has 2 amide bonds. The summed E-state index contributed by atoms with van der Waals surface area (Å²) in [5.74, 6) is 0.286. The number of amides is 2. The van der Waals surface area contributed by atoms with Gasteiger partial charge in [0.1, 0.15) is 0 Å². The largest absolute Gasteiger partial charge is 0.535 e. The van der Waals surface area contributed by atoms with Crippen LogP contribution in [0, 0.1) is 5.92 Å². The van der Waals surface area contributed by atoms with Gasteiger partial charge in [-0.15, -0.1) is 11.8 Å². The maximum atomic E-state index is 11.6. The summed E-state index contributed by atoms with van der Waals surface area (Å²) in [5, 5.41) is 0.511. The second-order valence-electron chi connectivity index (χ2n) is 4.62. The minimum atomic E-state index is -0.968. The Morgan fingerprint density at radius 1 is 1.37 bits per heavy atom. The van der Waals surface area contributed by atoms with Gasteiger partial charge in [0.2, 0.25) is 0 Å². The van der Waals surface area contributed by atoms with Crippen LogP contribution in [0.1, 0.15) is 39.0 Å². The molecule has 0 unspecified atom stereocenters. The van der Waals surface area contributed by atoms with E-state index < -0.39 is 18.0 Å². The van der Waals surface area contributed by atoms with Gasteiger partial charge in [-0.25, -0.2) is 4.79 Å². The molecule has 19 heavy (non-hydrogen) atoms. The molecule has 106 valence electrons. The van der Waals surface area contributed by atoms with Crippen LogP contribution in [0.5, 0.6) is 0 Å². The summed E-state index contributed by atoms with van der Waals surface area (Å²) in [7, 11) is 0. The SMILES string of the molecule is CCC[C@@H]1CCS[C@@H]1OC(=O)ON1C(=O)CCC1=O. The van der Waals surface area contributed by atoms with E-state index in [0.717, 1.165) is 25.0 Å². The molecule has 0 aliphatic carbocycles. The van der Waals surface area contributed by atoms with E-state index in [1.165, 1.54) is 0 Å². The quantitative estimate of drug-likeness (QED) is 0.582. The Bertz CT molecular complexity index is 370. The molecule has 0 bridgehead atoms. The van der Waals surface area contributed by atoms with Gasteiger partial charge in [0.15, 0.2) is 5.44 Å². The van der Waals surface area contributed by atoms with Gasteiger partial charge in [0.25, 0.3) is 11.8 Å². The smallest absolute Gasteiger partial charge is 0.418 e. The van der Waals surface area contributed by atoms with Crippen molar-refractivity contribution in [3.8, 4) is 0 Å². The monoisotopic (exact) mass is 287 g/mol. The van der Waals surface area contributed by atoms with Crippen LogP contribution in [0.2, 0.25) is 0 Å². The van der Waals surface area contributed by atoms with Crippen molar-refractivity contribution in [3.05, 3.63) is 0 Å². The van der Waals surface area contributed by atoms with Gasteiger partial charge in [-0.05, 0) is 18.6 Å². The summed E-state index contributed by atoms with van der Waals surface area (Å²) in [6, 6.07) is 0. The zero-order chi connectivity index (χ0) is 13.8. The van der Waals surface area contributed by atoms with E-state index in [1.807, 2.05) is 0 Å². The summed E-state index contributed by atoms with van der Waals surface area (Å²) < 4.78 is 5.19. The van der Waals surface area contributed by atoms with Crippen LogP contribution in [-0.2, 0) is 19.2 Å². The molecule has 0 radical (unpaired) electrons. The summed E-state index contributed by atoms with van der Waals surface area (Å²) in [6.45, 7) is 2.08. The first-order valence-electron chi connectivity index (χ1n) is 6.47. The van der Waals surface area contributed by atoms with Crippen LogP contribution in [0.25, 0.3) is 0 Å². The minimum Gasteiger partial charge on any atom is -0.418 e. The van der Waals surface area contributed by atoms with Crippen molar-refractivity contribution >= 4 is 29.7 Å². The van der Waals surface area contributed by atoms with E-state index in [4.69, 9.17) is 4.74 Å². The highest BCUT2D eigenvalue weighted by molar-refractivity contribution is 8.00. The molecule has 2 rings (SSSR count). The molecule has 0 saturated carbocycles. The van der Waals surface area contributed by atoms with Gasteiger partial charge in [0, 0.05) is 18.8 Å². The number of nitrogens with zero attached hydrogens (tertiary/aromatic N) is 1. The highest BCUT2D eigenvalue weighted by Gasteiger charge is 2.36. The zero-order valence-corrected chi connectivity index (χ0v) is 11.6. The average molecular weight is 287 g/mol. The van der Waals surface area contributed by atoms with Crippen LogP contribution in [0.15, 0.2) is 0 Å². The molecule has 2 aliphatic heterocycles. The first kappa shape index (κ1) is 14.2. The van der Waals surface area contributed by atoms with Crippen molar-refractivity contribution < 1.29 is 24.0 Å². The van der Waals surface area contributed by atoms with Crippen molar-refractivity contribution in [2.75, 3.05) is 5.75 Å². The standard InChI is InChI=1S/C12H17NO5S/c1-2-3-8-6-7-19-11(8)17-12(16)18-13-9(14)4-5-10(13)15/h8,11H,2-7H2,1H3/t8-,11+/m1/s1. The second kappa shape index (κ2) is 6.27. The first-order valence-corrected chi connectivity index (χ1v) is 7.52. The fraction of sp³-hybridized carbons (Fsp3) is 0.750. The Balaban J connectivity index is 1.84. The highest BCUT2D eigenvalue weighted by atomic mass is 32.2. The van der Waals surface area contributed by atoms with Gasteiger partial charge in [-0.3, -0.25) is 14.4 Å². The fourth-order valence-electron chi connectivity index (χ4n) is 2.24. The maximum absolute atomic E-state index is 11.6. The summed E-state index contributed by atoms with van der Waals surface area (Å²) in [4.78, 5) is 38.9. The molecule has 7 heteroatoms. The fourth-order valence-corrected chi connectivity index (χ4v) is 3.60. The molecule has 6 nitrogen and oxygen atoms in total. The number of imide groups is 1. The molecule has 2 atom stereocenters. The van der Waals surface area contributed by atoms with Gasteiger partial charge in [0.05, 0.1) is 0 Å². The third kappa shape index (κ3) is 3.40. The third-order valence-corrected chi connectivity index (χ3v) is 4.48. The van der Waals surface area contributed by atoms with Crippen LogP contribution < -0.4 is 0 Å². The summed E-state index contributed by atoms with van der Waals surface area (Å²) in [6.07, 6.45) is 2.24. The summed E-state index contributed by atoms with van der Waals surface area (Å²) in [5.41, 5.74) is -0.236. The molecule has 2 aliphatic rings. The van der Waals surface area contributed by atoms with Crippen molar-refractivity contribution in [1.29, 1.82) is 0 Å². The Morgan fingerprint density at radius 3 is 2.68 bits per heavy atom. The molecule has 2 heterocycles. The molecule has 0 aromatic heterocycles. The number of carbonyl (C=O) groups excluding carboxylic acids is 3. The molecule has 2 saturated heterocycles. The number of ether oxygens (including phenoxy) is 1. The van der Waals surface area contributed by atoms with Crippen molar-refractivity contribution in [2.45, 2.75) is 44.5 Å². The lowest BCUT2D eigenvalue weighted by Gasteiger charge is -2.19. The number of carbonyl (C=O) groups is 3. The van der Waals surface area contributed by atoms with E-state index >= 15 is 0 Å². The maximum Gasteiger partial charge on any atom is 0.535 e. The molecular formula is C12H17NO5S. The van der Waals surface area contributed by atoms with Gasteiger partial charge >= 0.3 is 6.16 Å². The van der Waals surface area contributed by atoms with E-state index in [0.29, 0.717) is 11.0 Å². The lowest BCUT2D eigenvalue weighted by Crippen LogP contribution is -2.33. The number of hydrogen-bond acceptors (Lipinski definition) is 6. The van der Waals surface area contributed by atoms with Crippen molar-refractivity contribution in [3.63, 3.8) is 0 Å². The molecule has 0 spiro atoms. The van der Waals surface area contributed by atoms with Crippen molar-refractivity contribution in [1.82, 2.24) is 5.06 Å². The van der Waals surface area contributed by atoms with E-state index in [1.54, 1.807) is 11.8 Å². The molecule has 0 aromatic rings. The second-order valence-corrected chi connectivity index (χ2v) is 5.82. The Labute approximate surface area is 115 Å². The van der Waals surface area contributed by atoms with Crippen LogP contribution in [-0.4, -0.2) is 34.2 Å². The van der Waals surface area contributed by atoms with Crippen LogP contribution in [0.3, 0.4) is 0 Å². The molecule has 0 aromatic carbocycles. The molecule has 0 N–H and O–H groups in total. The Kier molecular flexibility index (Phi) is 4.68. The van der Waals surface area contributed by atoms with Crippen LogP contribution >= 0.6 is 11.8 Å². The number of hydroxylamine groups is 2. The lowest BCUT2D eigenvalue weighted by atomic mass is 10.0. The third-order valence-electron chi connectivity index (χ3n) is 3.20. The Morgan fingerprint density at radius 2 is 2.05 bits per heavy atom. The normalized spacial score (nSPS) is 26.9. The first-order chi connectivity index (χ1) is 9.11. The van der Waals surface area contributed by atoms with Gasteiger partial charge < -0.3 is 4.74 Å². The predicted molar refractivity (Wildman–Crippen MR) is 67.9 cm³/mol. The van der Waals surface area contributed by atoms with E-state index in [-0.39, 0.29) is 18.3 Å². The molecule has 2 fully saturated rings. The van der Waals surface area contributed by atoms with Gasteiger partial charge in [-0.1, -0.05) is 18.4 Å². The van der Waals surface area contributed by atoms with Crippen LogP contribution in [0.4, 0.5) is 4.79 Å². The van der Waals surface area contributed by atoms with Gasteiger partial charge in [-0.2, -0.15) is 0 Å². The summed E-state index contributed by atoms with van der Waals surface area (Å²) >= 11 is 1.57. The van der Waals surface area contributed by atoms with E-state index in [9.17, 15) is 14.4 Å². The predicted octanol–water partition coefficient (Wildman–Crippen LogP) is 2.08. The number of hydrogen-bond donors (Lipinski definition) is 0. The topological polar surface area (TPSA) is 72.9 Å². The van der Waals surface area contributed by atoms with Crippen molar-refractivity contribution in [2.24, 2.45) is 5.92 Å². The zero-order valence-electron chi connectivity index (χ0n) is 10.8. The lowest BCUT2D eigenvalue weighted by molar-refractivity contribution is -0.177. The average Bonchev–Trinajstić information content (AvgIpc) is 2.92. The number of thioether (sulfide) groups is 1. The number of rotatable bonds is 4. The van der Waals surface area contributed by atoms with E-state index in [2.05, 4.69) is 11.8 Å². The highest BCUT2D eigenvalue weighted by Crippen LogP contribution is 2.36.